The Kier molecular flexibility index (Phi) is 9.07. The number of aliphatic hydroxyl groups excluding tert-OH is 2. The van der Waals surface area contributed by atoms with Crippen LogP contribution < -0.4 is 11.1 Å². The number of benzene rings is 1. The number of carbonyl (C=O) groups is 4. The van der Waals surface area contributed by atoms with Crippen LogP contribution in [0, 0.1) is 17.7 Å². The number of hydrogen-bond donors (Lipinski definition) is 6. The summed E-state index contributed by atoms with van der Waals surface area (Å²) in [4.78, 5) is 55.0. The van der Waals surface area contributed by atoms with Crippen LogP contribution in [0.2, 0.25) is 0 Å². The smallest absolute Gasteiger partial charge is 0.255 e. The van der Waals surface area contributed by atoms with Crippen molar-refractivity contribution in [2.75, 3.05) is 33.0 Å². The Morgan fingerprint density at radius 1 is 1.19 bits per heavy atom. The zero-order valence-corrected chi connectivity index (χ0v) is 24.6. The van der Waals surface area contributed by atoms with Crippen molar-refractivity contribution in [1.29, 1.82) is 0 Å². The SMILES string of the molecule is CN(C)[C@@H]1C(=O)C(C(N)=O)=C(O)[C@@]2(O)C(=O)C3=C(O)c4c(O)c(NC(=O)[C@H]5CCCN5C)cc(F)c4C[C@H]3C[C@@H]12.Cl.Cl. The Balaban J connectivity index is 0.00000242. The lowest BCUT2D eigenvalue weighted by Gasteiger charge is -2.50. The molecule has 1 saturated carbocycles. The molecular formula is C27H33Cl2FN4O8. The van der Waals surface area contributed by atoms with Gasteiger partial charge in [0.25, 0.3) is 5.91 Å². The molecular weight excluding hydrogens is 598 g/mol. The summed E-state index contributed by atoms with van der Waals surface area (Å²) in [6, 6.07) is -0.781. The van der Waals surface area contributed by atoms with Crippen molar-refractivity contribution in [2.45, 2.75) is 43.4 Å². The Hall–Kier alpha value is -3.23. The molecule has 0 radical (unpaired) electrons. The average Bonchev–Trinajstić information content (AvgIpc) is 3.30. The number of halogens is 3. The van der Waals surface area contributed by atoms with Gasteiger partial charge in [0.2, 0.25) is 11.7 Å². The summed E-state index contributed by atoms with van der Waals surface area (Å²) in [5.74, 6) is -9.59. The zero-order valence-electron chi connectivity index (χ0n) is 23.0. The van der Waals surface area contributed by atoms with E-state index >= 15 is 4.39 Å². The lowest BCUT2D eigenvalue weighted by Crippen LogP contribution is -2.65. The summed E-state index contributed by atoms with van der Waals surface area (Å²) in [5.41, 5.74) is 0.358. The number of nitrogens with two attached hydrogens (primary N) is 1. The number of anilines is 1. The number of carbonyl (C=O) groups excluding carboxylic acids is 4. The second-order valence-electron chi connectivity index (χ2n) is 11.2. The van der Waals surface area contributed by atoms with Crippen LogP contribution in [0.1, 0.15) is 30.4 Å². The van der Waals surface area contributed by atoms with Crippen LogP contribution in [0.25, 0.3) is 5.76 Å². The quantitative estimate of drug-likeness (QED) is 0.206. The Morgan fingerprint density at radius 2 is 1.83 bits per heavy atom. The predicted octanol–water partition coefficient (Wildman–Crippen LogP) is 0.979. The Labute approximate surface area is 252 Å². The number of primary amides is 1. The third-order valence-corrected chi connectivity index (χ3v) is 8.75. The van der Waals surface area contributed by atoms with Crippen LogP contribution in [0.15, 0.2) is 23.0 Å². The molecule has 4 aliphatic rings. The molecule has 0 spiro atoms. The molecule has 15 heteroatoms. The molecule has 42 heavy (non-hydrogen) atoms. The van der Waals surface area contributed by atoms with Crippen LogP contribution in [-0.4, -0.2) is 99.0 Å². The topological polar surface area (TPSA) is 194 Å². The number of Topliss-reactive ketones (excluding diaryl/α,β-unsaturated/α-hetero) is 2. The van der Waals surface area contributed by atoms with Gasteiger partial charge in [0, 0.05) is 23.1 Å². The highest BCUT2D eigenvalue weighted by atomic mass is 35.5. The molecule has 2 amide bonds. The fourth-order valence-electron chi connectivity index (χ4n) is 6.82. The number of aliphatic hydroxyl groups is 3. The van der Waals surface area contributed by atoms with Crippen molar-refractivity contribution >= 4 is 59.6 Å². The van der Waals surface area contributed by atoms with Gasteiger partial charge in [-0.15, -0.1) is 24.8 Å². The van der Waals surface area contributed by atoms with Crippen LogP contribution in [0.4, 0.5) is 10.1 Å². The fraction of sp³-hybridized carbons (Fsp3) is 0.481. The van der Waals surface area contributed by atoms with Crippen molar-refractivity contribution in [3.05, 3.63) is 39.9 Å². The summed E-state index contributed by atoms with van der Waals surface area (Å²) in [6.45, 7) is 0.696. The van der Waals surface area contributed by atoms with Gasteiger partial charge in [0.15, 0.2) is 17.1 Å². The molecule has 5 atom stereocenters. The van der Waals surface area contributed by atoms with Gasteiger partial charge in [-0.2, -0.15) is 0 Å². The number of nitrogens with zero attached hydrogens (tertiary/aromatic N) is 2. The fourth-order valence-corrected chi connectivity index (χ4v) is 6.82. The van der Waals surface area contributed by atoms with Gasteiger partial charge in [0.05, 0.1) is 23.3 Å². The first-order chi connectivity index (χ1) is 18.7. The first kappa shape index (κ1) is 33.3. The number of likely N-dealkylation sites (tertiary alicyclic amines) is 1. The molecule has 1 aliphatic heterocycles. The van der Waals surface area contributed by atoms with E-state index in [4.69, 9.17) is 5.73 Å². The number of nitrogens with one attached hydrogen (secondary N) is 1. The largest absolute Gasteiger partial charge is 0.508 e. The molecule has 7 N–H and O–H groups in total. The van der Waals surface area contributed by atoms with Crippen molar-refractivity contribution < 1.29 is 44.0 Å². The van der Waals surface area contributed by atoms with Crippen LogP contribution in [-0.2, 0) is 25.6 Å². The van der Waals surface area contributed by atoms with E-state index in [1.54, 1.807) is 7.05 Å². The van der Waals surface area contributed by atoms with E-state index in [0.717, 1.165) is 12.5 Å². The Morgan fingerprint density at radius 3 is 2.38 bits per heavy atom. The summed E-state index contributed by atoms with van der Waals surface area (Å²) in [6.07, 6.45) is 1.02. The minimum Gasteiger partial charge on any atom is -0.508 e. The molecule has 3 aliphatic carbocycles. The highest BCUT2D eigenvalue weighted by molar-refractivity contribution is 6.24. The molecule has 1 aromatic carbocycles. The first-order valence-corrected chi connectivity index (χ1v) is 12.9. The molecule has 1 saturated heterocycles. The van der Waals surface area contributed by atoms with Gasteiger partial charge >= 0.3 is 0 Å². The molecule has 0 bridgehead atoms. The molecule has 0 unspecified atom stereocenters. The predicted molar refractivity (Wildman–Crippen MR) is 153 cm³/mol. The van der Waals surface area contributed by atoms with E-state index in [2.05, 4.69) is 5.32 Å². The molecule has 230 valence electrons. The second-order valence-corrected chi connectivity index (χ2v) is 11.2. The normalized spacial score (nSPS) is 28.9. The molecule has 5 rings (SSSR count). The van der Waals surface area contributed by atoms with Crippen LogP contribution in [0.3, 0.4) is 0 Å². The molecule has 12 nitrogen and oxygen atoms in total. The second kappa shape index (κ2) is 11.5. The highest BCUT2D eigenvalue weighted by Crippen LogP contribution is 2.53. The number of hydrogen-bond acceptors (Lipinski definition) is 10. The summed E-state index contributed by atoms with van der Waals surface area (Å²) >= 11 is 0. The summed E-state index contributed by atoms with van der Waals surface area (Å²) in [5, 5.41) is 47.3. The van der Waals surface area contributed by atoms with Crippen molar-refractivity contribution in [1.82, 2.24) is 9.80 Å². The number of rotatable bonds is 4. The van der Waals surface area contributed by atoms with E-state index in [1.807, 2.05) is 4.90 Å². The first-order valence-electron chi connectivity index (χ1n) is 12.9. The van der Waals surface area contributed by atoms with Crippen molar-refractivity contribution in [3.8, 4) is 5.75 Å². The van der Waals surface area contributed by atoms with Gasteiger partial charge in [0.1, 0.15) is 22.9 Å². The molecule has 0 aromatic heterocycles. The van der Waals surface area contributed by atoms with Crippen LogP contribution >= 0.6 is 24.8 Å². The Bertz CT molecular complexity index is 1450. The monoisotopic (exact) mass is 630 g/mol. The lowest BCUT2D eigenvalue weighted by atomic mass is 9.57. The molecule has 1 heterocycles. The van der Waals surface area contributed by atoms with E-state index in [0.29, 0.717) is 13.0 Å². The molecule has 2 fully saturated rings. The number of likely N-dealkylation sites (N-methyl/N-ethyl adjacent to an activating group) is 2. The number of phenolic OH excluding ortho intramolecular Hbond substituents is 1. The maximum absolute atomic E-state index is 15.4. The van der Waals surface area contributed by atoms with Crippen molar-refractivity contribution in [3.63, 3.8) is 0 Å². The highest BCUT2D eigenvalue weighted by Gasteiger charge is 2.64. The average molecular weight is 631 g/mol. The standard InChI is InChI=1S/C27H31FN4O8.2ClH/c1-31(2)19-12-8-10-7-11-13(28)9-14(30-26(39)15-5-4-6-32(15)3)20(33)17(11)21(34)16(10)23(36)27(12,40)24(37)18(22(19)35)25(29)38;;/h9-10,12,15,19,33-34,37,40H,4-8H2,1-3H3,(H2,29,38)(H,30,39);2*1H/t10-,12-,15+,19-,27-;;/m0../s1. The van der Waals surface area contributed by atoms with Gasteiger partial charge in [-0.3, -0.25) is 29.0 Å². The molecule has 1 aromatic rings. The van der Waals surface area contributed by atoms with Gasteiger partial charge < -0.3 is 31.5 Å². The number of aromatic hydroxyl groups is 1. The van der Waals surface area contributed by atoms with E-state index in [-0.39, 0.29) is 48.9 Å². The number of ketones is 2. The van der Waals surface area contributed by atoms with E-state index < -0.39 is 92.7 Å². The summed E-state index contributed by atoms with van der Waals surface area (Å²) < 4.78 is 15.4. The number of fused-ring (bicyclic) bond motifs is 3. The minimum absolute atomic E-state index is 0. The van der Waals surface area contributed by atoms with Crippen molar-refractivity contribution in [2.24, 2.45) is 17.6 Å². The third kappa shape index (κ3) is 4.63. The van der Waals surface area contributed by atoms with Crippen LogP contribution in [0.5, 0.6) is 5.75 Å². The maximum Gasteiger partial charge on any atom is 0.255 e. The van der Waals surface area contributed by atoms with E-state index in [1.165, 1.54) is 19.0 Å². The zero-order chi connectivity index (χ0) is 29.4. The van der Waals surface area contributed by atoms with Gasteiger partial charge in [-0.05, 0) is 59.3 Å². The van der Waals surface area contributed by atoms with Gasteiger partial charge in [-0.25, -0.2) is 4.39 Å². The van der Waals surface area contributed by atoms with E-state index in [9.17, 15) is 39.6 Å². The maximum atomic E-state index is 15.4. The minimum atomic E-state index is -2.79. The number of amides is 2. The third-order valence-electron chi connectivity index (χ3n) is 8.75. The van der Waals surface area contributed by atoms with Gasteiger partial charge in [-0.1, -0.05) is 0 Å². The number of phenols is 1. The lowest BCUT2D eigenvalue weighted by molar-refractivity contribution is -0.153. The summed E-state index contributed by atoms with van der Waals surface area (Å²) in [7, 11) is 4.75.